The number of primary amides is 1. The van der Waals surface area contributed by atoms with E-state index in [9.17, 15) is 15.0 Å². The van der Waals surface area contributed by atoms with Gasteiger partial charge in [0.05, 0.1) is 12.2 Å². The Balaban J connectivity index is 2.08. The first-order valence-electron chi connectivity index (χ1n) is 5.95. The van der Waals surface area contributed by atoms with Gasteiger partial charge < -0.3 is 15.9 Å². The van der Waals surface area contributed by atoms with Crippen molar-refractivity contribution < 1.29 is 15.0 Å². The van der Waals surface area contributed by atoms with Crippen molar-refractivity contribution in [3.05, 3.63) is 34.9 Å². The summed E-state index contributed by atoms with van der Waals surface area (Å²) in [5, 5.41) is 19.0. The molecule has 1 amide bonds. The molecule has 1 aliphatic heterocycles. The van der Waals surface area contributed by atoms with Crippen molar-refractivity contribution in [2.24, 2.45) is 5.73 Å². The van der Waals surface area contributed by atoms with Crippen LogP contribution in [0, 0.1) is 6.92 Å². The number of nitrogens with two attached hydrogens (primary N) is 1. The molecule has 2 rings (SSSR count). The second kappa shape index (κ2) is 5.06. The lowest BCUT2D eigenvalue weighted by atomic mass is 10.0. The Hall–Kier alpha value is -1.43. The van der Waals surface area contributed by atoms with Gasteiger partial charge in [-0.05, 0) is 30.2 Å². The number of likely N-dealkylation sites (tertiary alicyclic amines) is 1. The van der Waals surface area contributed by atoms with Crippen LogP contribution < -0.4 is 5.73 Å². The molecular formula is C13H18N2O3. The molecule has 1 aromatic rings. The van der Waals surface area contributed by atoms with Gasteiger partial charge in [-0.15, -0.1) is 0 Å². The lowest BCUT2D eigenvalue weighted by molar-refractivity contribution is 0.0572. The number of rotatable bonds is 3. The molecule has 0 unspecified atom stereocenters. The monoisotopic (exact) mass is 250 g/mol. The first-order chi connectivity index (χ1) is 8.47. The third-order valence-corrected chi connectivity index (χ3v) is 3.36. The van der Waals surface area contributed by atoms with Crippen molar-refractivity contribution in [1.29, 1.82) is 0 Å². The van der Waals surface area contributed by atoms with Crippen LogP contribution in [0.3, 0.4) is 0 Å². The number of β-amino-alcohol motifs (C(OH)–C–C–N with tert-alkyl or cyclic N) is 2. The van der Waals surface area contributed by atoms with E-state index in [1.54, 1.807) is 12.1 Å². The number of hydrogen-bond donors (Lipinski definition) is 3. The summed E-state index contributed by atoms with van der Waals surface area (Å²) >= 11 is 0. The Labute approximate surface area is 106 Å². The van der Waals surface area contributed by atoms with Crippen molar-refractivity contribution in [3.63, 3.8) is 0 Å². The minimum atomic E-state index is -0.671. The number of nitrogens with zero attached hydrogens (tertiary/aromatic N) is 1. The lowest BCUT2D eigenvalue weighted by Crippen LogP contribution is -2.22. The molecule has 1 fully saturated rings. The average Bonchev–Trinajstić information content (AvgIpc) is 2.61. The van der Waals surface area contributed by atoms with Crippen LogP contribution in [0.25, 0.3) is 0 Å². The standard InChI is InChI=1S/C13H18N2O3/c1-8-4-9(13(14)18)2-3-10(8)5-15-6-11(16)12(17)7-15/h2-4,11-12,16-17H,5-7H2,1H3,(H2,14,18)/t11-,12+. The maximum Gasteiger partial charge on any atom is 0.248 e. The predicted molar refractivity (Wildman–Crippen MR) is 67.0 cm³/mol. The van der Waals surface area contributed by atoms with Crippen molar-refractivity contribution in [3.8, 4) is 0 Å². The zero-order valence-corrected chi connectivity index (χ0v) is 10.3. The largest absolute Gasteiger partial charge is 0.389 e. The highest BCUT2D eigenvalue weighted by molar-refractivity contribution is 5.93. The number of amides is 1. The molecule has 0 spiro atoms. The Morgan fingerprint density at radius 2 is 2.00 bits per heavy atom. The zero-order valence-electron chi connectivity index (χ0n) is 10.3. The number of aliphatic hydroxyl groups excluding tert-OH is 2. The summed E-state index contributed by atoms with van der Waals surface area (Å²) in [6.45, 7) is 3.51. The molecule has 1 aliphatic rings. The summed E-state index contributed by atoms with van der Waals surface area (Å²) in [6.07, 6.45) is -1.34. The smallest absolute Gasteiger partial charge is 0.248 e. The van der Waals surface area contributed by atoms with Gasteiger partial charge in [0.1, 0.15) is 0 Å². The van der Waals surface area contributed by atoms with E-state index < -0.39 is 18.1 Å². The SMILES string of the molecule is Cc1cc(C(N)=O)ccc1CN1C[C@@H](O)[C@@H](O)C1. The van der Waals surface area contributed by atoms with E-state index in [4.69, 9.17) is 5.73 Å². The minimum absolute atomic E-state index is 0.434. The molecular weight excluding hydrogens is 232 g/mol. The molecule has 1 aromatic carbocycles. The quantitative estimate of drug-likeness (QED) is 0.683. The second-order valence-electron chi connectivity index (χ2n) is 4.83. The lowest BCUT2D eigenvalue weighted by Gasteiger charge is -2.16. The van der Waals surface area contributed by atoms with Crippen LogP contribution in [-0.2, 0) is 6.54 Å². The van der Waals surface area contributed by atoms with Crippen molar-refractivity contribution in [1.82, 2.24) is 4.90 Å². The molecule has 0 bridgehead atoms. The topological polar surface area (TPSA) is 86.8 Å². The van der Waals surface area contributed by atoms with E-state index in [0.717, 1.165) is 11.1 Å². The Bertz CT molecular complexity index is 452. The zero-order chi connectivity index (χ0) is 13.3. The van der Waals surface area contributed by atoms with Gasteiger partial charge in [0.2, 0.25) is 5.91 Å². The number of carbonyl (C=O) groups is 1. The molecule has 0 aliphatic carbocycles. The Kier molecular flexibility index (Phi) is 3.65. The molecule has 0 radical (unpaired) electrons. The highest BCUT2D eigenvalue weighted by atomic mass is 16.3. The molecule has 1 saturated heterocycles. The molecule has 98 valence electrons. The summed E-state index contributed by atoms with van der Waals surface area (Å²) in [5.41, 5.74) is 7.77. The second-order valence-corrected chi connectivity index (χ2v) is 4.83. The van der Waals surface area contributed by atoms with Crippen LogP contribution in [-0.4, -0.2) is 46.3 Å². The van der Waals surface area contributed by atoms with Crippen LogP contribution in [0.15, 0.2) is 18.2 Å². The van der Waals surface area contributed by atoms with Gasteiger partial charge in [-0.3, -0.25) is 9.69 Å². The summed E-state index contributed by atoms with van der Waals surface area (Å²) in [7, 11) is 0. The number of aryl methyl sites for hydroxylation is 1. The van der Waals surface area contributed by atoms with E-state index in [1.807, 2.05) is 17.9 Å². The van der Waals surface area contributed by atoms with E-state index >= 15 is 0 Å². The maximum atomic E-state index is 11.0. The number of aliphatic hydroxyl groups is 2. The van der Waals surface area contributed by atoms with Gasteiger partial charge in [0, 0.05) is 25.2 Å². The molecule has 18 heavy (non-hydrogen) atoms. The van der Waals surface area contributed by atoms with Crippen molar-refractivity contribution in [2.45, 2.75) is 25.7 Å². The number of carbonyl (C=O) groups excluding carboxylic acids is 1. The summed E-state index contributed by atoms with van der Waals surface area (Å²) in [5.74, 6) is -0.434. The molecule has 2 atom stereocenters. The summed E-state index contributed by atoms with van der Waals surface area (Å²) in [4.78, 5) is 13.0. The van der Waals surface area contributed by atoms with E-state index in [1.165, 1.54) is 0 Å². The molecule has 5 heteroatoms. The van der Waals surface area contributed by atoms with Crippen LogP contribution in [0.1, 0.15) is 21.5 Å². The van der Waals surface area contributed by atoms with Crippen LogP contribution in [0.4, 0.5) is 0 Å². The van der Waals surface area contributed by atoms with E-state index in [-0.39, 0.29) is 0 Å². The van der Waals surface area contributed by atoms with Gasteiger partial charge in [0.25, 0.3) is 0 Å². The number of benzene rings is 1. The fraction of sp³-hybridized carbons (Fsp3) is 0.462. The van der Waals surface area contributed by atoms with Crippen molar-refractivity contribution >= 4 is 5.91 Å². The Morgan fingerprint density at radius 1 is 1.39 bits per heavy atom. The number of hydrogen-bond acceptors (Lipinski definition) is 4. The normalized spacial score (nSPS) is 24.4. The first kappa shape index (κ1) is 13.0. The van der Waals surface area contributed by atoms with Crippen LogP contribution in [0.2, 0.25) is 0 Å². The van der Waals surface area contributed by atoms with Gasteiger partial charge in [-0.1, -0.05) is 6.07 Å². The van der Waals surface area contributed by atoms with Gasteiger partial charge >= 0.3 is 0 Å². The molecule has 0 saturated carbocycles. The van der Waals surface area contributed by atoms with E-state index in [2.05, 4.69) is 0 Å². The average molecular weight is 250 g/mol. The molecule has 4 N–H and O–H groups in total. The molecule has 0 aromatic heterocycles. The van der Waals surface area contributed by atoms with Crippen LogP contribution >= 0.6 is 0 Å². The van der Waals surface area contributed by atoms with Crippen LogP contribution in [0.5, 0.6) is 0 Å². The van der Waals surface area contributed by atoms with Gasteiger partial charge in [0.15, 0.2) is 0 Å². The third-order valence-electron chi connectivity index (χ3n) is 3.36. The maximum absolute atomic E-state index is 11.0. The summed E-state index contributed by atoms with van der Waals surface area (Å²) in [6, 6.07) is 5.33. The fourth-order valence-corrected chi connectivity index (χ4v) is 2.24. The minimum Gasteiger partial charge on any atom is -0.389 e. The fourth-order valence-electron chi connectivity index (χ4n) is 2.24. The predicted octanol–water partition coefficient (Wildman–Crippen LogP) is -0.369. The third kappa shape index (κ3) is 2.69. The van der Waals surface area contributed by atoms with E-state index in [0.29, 0.717) is 25.2 Å². The highest BCUT2D eigenvalue weighted by Crippen LogP contribution is 2.17. The molecule has 1 heterocycles. The Morgan fingerprint density at radius 3 is 2.50 bits per heavy atom. The first-order valence-corrected chi connectivity index (χ1v) is 5.95. The summed E-state index contributed by atoms with van der Waals surface area (Å²) < 4.78 is 0. The highest BCUT2D eigenvalue weighted by Gasteiger charge is 2.29. The van der Waals surface area contributed by atoms with Crippen molar-refractivity contribution in [2.75, 3.05) is 13.1 Å². The molecule has 5 nitrogen and oxygen atoms in total. The van der Waals surface area contributed by atoms with Gasteiger partial charge in [-0.25, -0.2) is 0 Å². The van der Waals surface area contributed by atoms with Gasteiger partial charge in [-0.2, -0.15) is 0 Å².